The molecule has 0 bridgehead atoms. The van der Waals surface area contributed by atoms with Crippen LogP contribution in [-0.2, 0) is 13.6 Å². The van der Waals surface area contributed by atoms with E-state index < -0.39 is 16.6 Å². The van der Waals surface area contributed by atoms with Gasteiger partial charge >= 0.3 is 0 Å². The lowest BCUT2D eigenvalue weighted by molar-refractivity contribution is 0.105. The molecule has 0 amide bonds. The largest absolute Gasteiger partial charge is 0.544 e. The van der Waals surface area contributed by atoms with Crippen molar-refractivity contribution in [1.29, 1.82) is 0 Å². The molecule has 0 aromatic carbocycles. The van der Waals surface area contributed by atoms with Crippen molar-refractivity contribution in [3.05, 3.63) is 23.4 Å². The van der Waals surface area contributed by atoms with Gasteiger partial charge in [-0.1, -0.05) is 6.92 Å². The van der Waals surface area contributed by atoms with Gasteiger partial charge in [0.2, 0.25) is 16.6 Å². The zero-order valence-corrected chi connectivity index (χ0v) is 17.0. The van der Waals surface area contributed by atoms with Crippen LogP contribution in [0.25, 0.3) is 0 Å². The summed E-state index contributed by atoms with van der Waals surface area (Å²) < 4.78 is 18.3. The smallest absolute Gasteiger partial charge is 0.272 e. The maximum absolute atomic E-state index is 6.30. The van der Waals surface area contributed by atoms with Crippen molar-refractivity contribution >= 4 is 16.6 Å². The molecule has 0 N–H and O–H groups in total. The summed E-state index contributed by atoms with van der Waals surface area (Å²) in [5.41, 5.74) is 1.12. The molecule has 1 atom stereocenters. The summed E-state index contributed by atoms with van der Waals surface area (Å²) in [5.74, 6) is 2.25. The van der Waals surface area contributed by atoms with E-state index in [9.17, 15) is 0 Å². The summed E-state index contributed by atoms with van der Waals surface area (Å²) in [4.78, 5) is 0. The van der Waals surface area contributed by atoms with Crippen LogP contribution in [0.1, 0.15) is 26.7 Å². The number of ether oxygens (including phenoxy) is 1. The van der Waals surface area contributed by atoms with Crippen LogP contribution in [0.2, 0.25) is 39.3 Å². The summed E-state index contributed by atoms with van der Waals surface area (Å²) in [6.45, 7) is 18.0. The predicted octanol–water partition coefficient (Wildman–Crippen LogP) is 5.25. The van der Waals surface area contributed by atoms with Gasteiger partial charge < -0.3 is 13.6 Å². The van der Waals surface area contributed by atoms with Gasteiger partial charge in [0.25, 0.3) is 5.95 Å². The second-order valence-corrected chi connectivity index (χ2v) is 16.5. The van der Waals surface area contributed by atoms with E-state index in [0.717, 1.165) is 24.2 Å². The molecule has 0 aromatic heterocycles. The molecule has 0 fully saturated rings. The van der Waals surface area contributed by atoms with E-state index in [1.807, 2.05) is 6.92 Å². The average molecular weight is 329 g/mol. The van der Waals surface area contributed by atoms with Gasteiger partial charge in [-0.3, -0.25) is 0 Å². The van der Waals surface area contributed by atoms with Crippen LogP contribution in [0.4, 0.5) is 0 Å². The minimum Gasteiger partial charge on any atom is -0.544 e. The summed E-state index contributed by atoms with van der Waals surface area (Å²) in [6, 6.07) is 0. The zero-order chi connectivity index (χ0) is 16.3. The Morgan fingerprint density at radius 3 is 2.24 bits per heavy atom. The highest BCUT2D eigenvalue weighted by molar-refractivity contribution is 6.70. The second-order valence-electron chi connectivity index (χ2n) is 7.67. The van der Waals surface area contributed by atoms with Crippen molar-refractivity contribution in [1.82, 2.24) is 0 Å². The van der Waals surface area contributed by atoms with Gasteiger partial charge in [0.05, 0.1) is 12.2 Å². The number of allylic oxidation sites excluding steroid dienone is 2. The third kappa shape index (κ3) is 6.74. The fourth-order valence-electron chi connectivity index (χ4n) is 2.15. The molecule has 21 heavy (non-hydrogen) atoms. The van der Waals surface area contributed by atoms with E-state index in [2.05, 4.69) is 52.3 Å². The Labute approximate surface area is 132 Å². The minimum absolute atomic E-state index is 0.551. The third-order valence-corrected chi connectivity index (χ3v) is 4.55. The summed E-state index contributed by atoms with van der Waals surface area (Å²) in [5, 5.41) is 0. The van der Waals surface area contributed by atoms with Gasteiger partial charge in [0, 0.05) is 0 Å². The fraction of sp³-hybridized carbons (Fsp3) is 0.750. The van der Waals surface area contributed by atoms with E-state index in [-0.39, 0.29) is 0 Å². The molecule has 1 aliphatic carbocycles. The van der Waals surface area contributed by atoms with Crippen molar-refractivity contribution < 1.29 is 13.6 Å². The van der Waals surface area contributed by atoms with Crippen molar-refractivity contribution in [3.8, 4) is 0 Å². The minimum atomic E-state index is -1.70. The van der Waals surface area contributed by atoms with Crippen LogP contribution in [-0.4, -0.2) is 23.2 Å². The van der Waals surface area contributed by atoms with E-state index in [0.29, 0.717) is 18.5 Å². The van der Waals surface area contributed by atoms with Gasteiger partial charge in [-0.05, 0) is 71.0 Å². The normalized spacial score (nSPS) is 22.5. The zero-order valence-electron chi connectivity index (χ0n) is 15.0. The van der Waals surface area contributed by atoms with Crippen LogP contribution in [0.15, 0.2) is 23.4 Å². The Morgan fingerprint density at radius 2 is 1.76 bits per heavy atom. The first-order valence-corrected chi connectivity index (χ1v) is 14.8. The van der Waals surface area contributed by atoms with Crippen LogP contribution in [0.5, 0.6) is 0 Å². The Morgan fingerprint density at radius 1 is 1.14 bits per heavy atom. The molecule has 0 radical (unpaired) electrons. The molecular formula is C16H32O3Si2. The highest BCUT2D eigenvalue weighted by Gasteiger charge is 2.29. The first kappa shape index (κ1) is 18.4. The van der Waals surface area contributed by atoms with Crippen LogP contribution < -0.4 is 0 Å². The van der Waals surface area contributed by atoms with Crippen LogP contribution >= 0.6 is 0 Å². The number of rotatable bonds is 6. The number of hydrogen-bond donors (Lipinski definition) is 0. The fourth-order valence-corrected chi connectivity index (χ4v) is 3.74. The molecule has 1 unspecified atom stereocenters. The molecule has 0 saturated heterocycles. The molecule has 5 heteroatoms. The first-order valence-electron chi connectivity index (χ1n) is 7.98. The maximum Gasteiger partial charge on any atom is 0.272 e. The summed E-state index contributed by atoms with van der Waals surface area (Å²) in [7, 11) is -3.35. The van der Waals surface area contributed by atoms with Gasteiger partial charge in [-0.2, -0.15) is 0 Å². The van der Waals surface area contributed by atoms with E-state index in [1.165, 1.54) is 0 Å². The molecule has 1 aliphatic rings. The summed E-state index contributed by atoms with van der Waals surface area (Å²) >= 11 is 0. The predicted molar refractivity (Wildman–Crippen MR) is 94.0 cm³/mol. The highest BCUT2D eigenvalue weighted by atomic mass is 28.4. The van der Waals surface area contributed by atoms with Gasteiger partial charge in [-0.25, -0.2) is 0 Å². The second kappa shape index (κ2) is 7.05. The number of hydrogen-bond acceptors (Lipinski definition) is 3. The quantitative estimate of drug-likeness (QED) is 0.492. The molecule has 122 valence electrons. The molecule has 0 saturated carbocycles. The van der Waals surface area contributed by atoms with Crippen molar-refractivity contribution in [2.75, 3.05) is 6.61 Å². The third-order valence-electron chi connectivity index (χ3n) is 2.92. The van der Waals surface area contributed by atoms with Crippen molar-refractivity contribution in [2.24, 2.45) is 5.92 Å². The lowest BCUT2D eigenvalue weighted by Crippen LogP contribution is -2.29. The standard InChI is InChI=1S/C16H32O3Si2/c1-9-17-16(19-21(6,7)8)14-11-10-13(2)12-15(14)18-20(3,4)5/h12-13H,9-11H2,1-8H3/b16-14+. The lowest BCUT2D eigenvalue weighted by atomic mass is 9.93. The molecule has 0 aromatic rings. The highest BCUT2D eigenvalue weighted by Crippen LogP contribution is 2.34. The molecular weight excluding hydrogens is 296 g/mol. The molecule has 3 nitrogen and oxygen atoms in total. The van der Waals surface area contributed by atoms with E-state index in [4.69, 9.17) is 13.6 Å². The van der Waals surface area contributed by atoms with Gasteiger partial charge in [0.15, 0.2) is 0 Å². The van der Waals surface area contributed by atoms with Crippen LogP contribution in [0.3, 0.4) is 0 Å². The molecule has 0 aliphatic heterocycles. The Balaban J connectivity index is 3.17. The topological polar surface area (TPSA) is 27.7 Å². The van der Waals surface area contributed by atoms with Gasteiger partial charge in [-0.15, -0.1) is 0 Å². The first-order chi connectivity index (χ1) is 9.52. The molecule has 1 rings (SSSR count). The van der Waals surface area contributed by atoms with Crippen molar-refractivity contribution in [2.45, 2.75) is 66.0 Å². The Bertz CT molecular complexity index is 414. The van der Waals surface area contributed by atoms with Gasteiger partial charge in [0.1, 0.15) is 5.76 Å². The van der Waals surface area contributed by atoms with E-state index in [1.54, 1.807) is 0 Å². The monoisotopic (exact) mass is 328 g/mol. The lowest BCUT2D eigenvalue weighted by Gasteiger charge is -2.31. The van der Waals surface area contributed by atoms with Crippen LogP contribution in [0, 0.1) is 5.92 Å². The van der Waals surface area contributed by atoms with Crippen molar-refractivity contribution in [3.63, 3.8) is 0 Å². The SMILES string of the molecule is CCO/C(O[Si](C)(C)C)=C1/CCC(C)C=C1O[Si](C)(C)C. The Hall–Kier alpha value is -0.686. The molecule has 0 spiro atoms. The Kier molecular flexibility index (Phi) is 6.16. The van der Waals surface area contributed by atoms with E-state index >= 15 is 0 Å². The summed E-state index contributed by atoms with van der Waals surface area (Å²) in [6.07, 6.45) is 4.33. The maximum atomic E-state index is 6.30. The average Bonchev–Trinajstić information content (AvgIpc) is 2.24. The molecule has 0 heterocycles.